The highest BCUT2D eigenvalue weighted by Crippen LogP contribution is 2.21. The number of benzene rings is 2. The molecular formula is C21H17N5OS. The lowest BCUT2D eigenvalue weighted by Gasteiger charge is -2.06. The Morgan fingerprint density at radius 1 is 0.964 bits per heavy atom. The van der Waals surface area contributed by atoms with E-state index in [-0.39, 0.29) is 11.7 Å². The number of carbonyl (C=O) groups is 1. The number of hydrogen-bond donors (Lipinski definition) is 1. The van der Waals surface area contributed by atoms with Crippen molar-refractivity contribution in [2.75, 3.05) is 11.1 Å². The molecule has 0 spiro atoms. The van der Waals surface area contributed by atoms with Crippen molar-refractivity contribution in [2.24, 2.45) is 0 Å². The molecule has 0 aliphatic rings. The van der Waals surface area contributed by atoms with Crippen molar-refractivity contribution in [3.63, 3.8) is 0 Å². The molecule has 2 aromatic heterocycles. The van der Waals surface area contributed by atoms with Crippen molar-refractivity contribution < 1.29 is 4.79 Å². The minimum atomic E-state index is -0.0721. The van der Waals surface area contributed by atoms with Crippen LogP contribution < -0.4 is 5.32 Å². The summed E-state index contributed by atoms with van der Waals surface area (Å²) in [6.45, 7) is 0. The summed E-state index contributed by atoms with van der Waals surface area (Å²) >= 11 is 1.36. The number of hydrogen-bond acceptors (Lipinski definition) is 5. The van der Waals surface area contributed by atoms with Crippen LogP contribution in [-0.2, 0) is 4.79 Å². The summed E-state index contributed by atoms with van der Waals surface area (Å²) in [6.07, 6.45) is 5.40. The van der Waals surface area contributed by atoms with E-state index in [0.29, 0.717) is 5.03 Å². The number of rotatable bonds is 6. The van der Waals surface area contributed by atoms with Crippen LogP contribution in [0.2, 0.25) is 0 Å². The lowest BCUT2D eigenvalue weighted by Crippen LogP contribution is -2.13. The molecule has 0 fully saturated rings. The van der Waals surface area contributed by atoms with Gasteiger partial charge in [-0.2, -0.15) is 0 Å². The first-order chi connectivity index (χ1) is 13.8. The molecule has 28 heavy (non-hydrogen) atoms. The maximum Gasteiger partial charge on any atom is 0.234 e. The summed E-state index contributed by atoms with van der Waals surface area (Å²) in [7, 11) is 0. The lowest BCUT2D eigenvalue weighted by molar-refractivity contribution is -0.113. The quantitative estimate of drug-likeness (QED) is 0.505. The second-order valence-electron chi connectivity index (χ2n) is 5.98. The fraction of sp³-hybridized carbons (Fsp3) is 0.0476. The van der Waals surface area contributed by atoms with E-state index >= 15 is 0 Å². The van der Waals surface area contributed by atoms with Gasteiger partial charge < -0.3 is 9.88 Å². The summed E-state index contributed by atoms with van der Waals surface area (Å²) in [4.78, 5) is 16.1. The number of nitrogens with zero attached hydrogens (tertiary/aromatic N) is 4. The summed E-state index contributed by atoms with van der Waals surface area (Å²) < 4.78 is 1.94. The van der Waals surface area contributed by atoms with Crippen molar-refractivity contribution in [2.45, 2.75) is 5.03 Å². The first-order valence-electron chi connectivity index (χ1n) is 8.68. The summed E-state index contributed by atoms with van der Waals surface area (Å²) in [5, 5.41) is 12.1. The number of amides is 1. The molecule has 4 rings (SSSR count). The molecule has 7 heteroatoms. The van der Waals surface area contributed by atoms with Gasteiger partial charge in [-0.05, 0) is 36.4 Å². The molecule has 1 N–H and O–H groups in total. The number of imidazole rings is 1. The van der Waals surface area contributed by atoms with E-state index in [1.165, 1.54) is 11.8 Å². The van der Waals surface area contributed by atoms with Gasteiger partial charge in [0.15, 0.2) is 0 Å². The minimum Gasteiger partial charge on any atom is -0.325 e. The standard InChI is InChI=1S/C21H17N5OS/c27-20(23-17-4-2-1-3-5-17)14-28-21-11-10-19(24-25-21)16-6-8-18(9-7-16)26-13-12-22-15-26/h1-13,15H,14H2,(H,23,27). The van der Waals surface area contributed by atoms with Gasteiger partial charge in [0.05, 0.1) is 17.8 Å². The molecule has 0 aliphatic heterocycles. The normalized spacial score (nSPS) is 10.6. The molecule has 0 saturated heterocycles. The Morgan fingerprint density at radius 2 is 1.79 bits per heavy atom. The molecule has 0 bridgehead atoms. The average molecular weight is 387 g/mol. The fourth-order valence-corrected chi connectivity index (χ4v) is 3.24. The van der Waals surface area contributed by atoms with Crippen LogP contribution in [0.25, 0.3) is 16.9 Å². The highest BCUT2D eigenvalue weighted by atomic mass is 32.2. The zero-order chi connectivity index (χ0) is 19.2. The zero-order valence-electron chi connectivity index (χ0n) is 14.9. The predicted octanol–water partition coefficient (Wildman–Crippen LogP) is 4.06. The number of nitrogens with one attached hydrogen (secondary N) is 1. The van der Waals surface area contributed by atoms with Crippen LogP contribution in [0.1, 0.15) is 0 Å². The van der Waals surface area contributed by atoms with E-state index in [1.54, 1.807) is 12.5 Å². The van der Waals surface area contributed by atoms with E-state index in [0.717, 1.165) is 22.6 Å². The molecule has 0 aliphatic carbocycles. The number of aromatic nitrogens is 4. The molecule has 0 atom stereocenters. The molecule has 2 aromatic carbocycles. The molecule has 6 nitrogen and oxygen atoms in total. The SMILES string of the molecule is O=C(CSc1ccc(-c2ccc(-n3ccnc3)cc2)nn1)Nc1ccccc1. The van der Waals surface area contributed by atoms with Gasteiger partial charge in [0, 0.05) is 29.3 Å². The van der Waals surface area contributed by atoms with E-state index in [2.05, 4.69) is 20.5 Å². The topological polar surface area (TPSA) is 72.7 Å². The van der Waals surface area contributed by atoms with E-state index in [1.807, 2.05) is 77.5 Å². The van der Waals surface area contributed by atoms with Crippen LogP contribution in [0.15, 0.2) is 90.5 Å². The molecule has 138 valence electrons. The second-order valence-corrected chi connectivity index (χ2v) is 6.97. The van der Waals surface area contributed by atoms with Crippen molar-refractivity contribution in [1.29, 1.82) is 0 Å². The van der Waals surface area contributed by atoms with Gasteiger partial charge in [0.2, 0.25) is 5.91 Å². The van der Waals surface area contributed by atoms with Gasteiger partial charge in [0.25, 0.3) is 0 Å². The smallest absolute Gasteiger partial charge is 0.234 e. The summed E-state index contributed by atoms with van der Waals surface area (Å²) in [5.41, 5.74) is 3.59. The molecule has 2 heterocycles. The van der Waals surface area contributed by atoms with Crippen molar-refractivity contribution in [3.05, 3.63) is 85.5 Å². The van der Waals surface area contributed by atoms with Gasteiger partial charge in [-0.15, -0.1) is 10.2 Å². The Bertz CT molecular complexity index is 1030. The largest absolute Gasteiger partial charge is 0.325 e. The van der Waals surface area contributed by atoms with Crippen molar-refractivity contribution in [3.8, 4) is 16.9 Å². The van der Waals surface area contributed by atoms with Crippen LogP contribution in [0.4, 0.5) is 5.69 Å². The zero-order valence-corrected chi connectivity index (χ0v) is 15.7. The van der Waals surface area contributed by atoms with Gasteiger partial charge >= 0.3 is 0 Å². The second kappa shape index (κ2) is 8.49. The van der Waals surface area contributed by atoms with Crippen LogP contribution >= 0.6 is 11.8 Å². The maximum atomic E-state index is 12.0. The molecule has 0 saturated carbocycles. The lowest BCUT2D eigenvalue weighted by atomic mass is 10.1. The Morgan fingerprint density at radius 3 is 2.46 bits per heavy atom. The van der Waals surface area contributed by atoms with E-state index in [9.17, 15) is 4.79 Å². The molecule has 0 unspecified atom stereocenters. The first kappa shape index (κ1) is 17.9. The Balaban J connectivity index is 1.35. The van der Waals surface area contributed by atoms with Crippen LogP contribution in [0, 0.1) is 0 Å². The number of thioether (sulfide) groups is 1. The highest BCUT2D eigenvalue weighted by Gasteiger charge is 2.06. The molecule has 4 aromatic rings. The van der Waals surface area contributed by atoms with Crippen LogP contribution in [-0.4, -0.2) is 31.4 Å². The number of anilines is 1. The highest BCUT2D eigenvalue weighted by molar-refractivity contribution is 7.99. The average Bonchev–Trinajstić information content (AvgIpc) is 3.29. The van der Waals surface area contributed by atoms with Crippen molar-refractivity contribution >= 4 is 23.4 Å². The molecular weight excluding hydrogens is 370 g/mol. The summed E-state index contributed by atoms with van der Waals surface area (Å²) in [6, 6.07) is 21.2. The Kier molecular flexibility index (Phi) is 5.44. The van der Waals surface area contributed by atoms with E-state index < -0.39 is 0 Å². The number of para-hydroxylation sites is 1. The monoisotopic (exact) mass is 387 g/mol. The van der Waals surface area contributed by atoms with E-state index in [4.69, 9.17) is 0 Å². The third-order valence-electron chi connectivity index (χ3n) is 4.01. The first-order valence-corrected chi connectivity index (χ1v) is 9.67. The Hall–Kier alpha value is -3.45. The molecule has 0 radical (unpaired) electrons. The van der Waals surface area contributed by atoms with Crippen molar-refractivity contribution in [1.82, 2.24) is 19.7 Å². The minimum absolute atomic E-state index is 0.0721. The fourth-order valence-electron chi connectivity index (χ4n) is 2.63. The van der Waals surface area contributed by atoms with Gasteiger partial charge in [-0.25, -0.2) is 4.98 Å². The maximum absolute atomic E-state index is 12.0. The van der Waals surface area contributed by atoms with Crippen LogP contribution in [0.5, 0.6) is 0 Å². The third kappa shape index (κ3) is 4.44. The molecule has 1 amide bonds. The predicted molar refractivity (Wildman–Crippen MR) is 110 cm³/mol. The van der Waals surface area contributed by atoms with Gasteiger partial charge in [0.1, 0.15) is 5.03 Å². The van der Waals surface area contributed by atoms with Crippen LogP contribution in [0.3, 0.4) is 0 Å². The van der Waals surface area contributed by atoms with Gasteiger partial charge in [-0.3, -0.25) is 4.79 Å². The Labute approximate surface area is 166 Å². The number of carbonyl (C=O) groups excluding carboxylic acids is 1. The summed E-state index contributed by atoms with van der Waals surface area (Å²) in [5.74, 6) is 0.208. The van der Waals surface area contributed by atoms with Gasteiger partial charge in [-0.1, -0.05) is 42.1 Å². The third-order valence-corrected chi connectivity index (χ3v) is 4.93.